The van der Waals surface area contributed by atoms with Gasteiger partial charge < -0.3 is 14.8 Å². The molecule has 3 aromatic carbocycles. The predicted molar refractivity (Wildman–Crippen MR) is 130 cm³/mol. The molecular formula is C25H23BrFN3O4. The van der Waals surface area contributed by atoms with Gasteiger partial charge in [-0.1, -0.05) is 42.5 Å². The third-order valence-electron chi connectivity index (χ3n) is 4.51. The first kappa shape index (κ1) is 24.9. The highest BCUT2D eigenvalue weighted by atomic mass is 79.9. The van der Waals surface area contributed by atoms with Gasteiger partial charge in [0.1, 0.15) is 12.4 Å². The first-order valence-corrected chi connectivity index (χ1v) is 11.2. The van der Waals surface area contributed by atoms with Gasteiger partial charge >= 0.3 is 11.8 Å². The molecule has 0 aliphatic heterocycles. The summed E-state index contributed by atoms with van der Waals surface area (Å²) in [5.41, 5.74) is 4.49. The van der Waals surface area contributed by atoms with E-state index in [0.717, 1.165) is 11.1 Å². The SMILES string of the molecule is CCOc1cc(C=NNC(=O)C(=O)NCc2ccccc2)cc(Br)c1OCc1ccc(F)cc1. The lowest BCUT2D eigenvalue weighted by molar-refractivity contribution is -0.139. The molecule has 0 fully saturated rings. The molecule has 176 valence electrons. The van der Waals surface area contributed by atoms with Gasteiger partial charge in [0.25, 0.3) is 0 Å². The maximum atomic E-state index is 13.1. The van der Waals surface area contributed by atoms with Crippen LogP contribution in [0.25, 0.3) is 0 Å². The highest BCUT2D eigenvalue weighted by Gasteiger charge is 2.14. The lowest BCUT2D eigenvalue weighted by atomic mass is 10.2. The number of nitrogens with zero attached hydrogens (tertiary/aromatic N) is 1. The third kappa shape index (κ3) is 7.41. The van der Waals surface area contributed by atoms with E-state index in [-0.39, 0.29) is 19.0 Å². The van der Waals surface area contributed by atoms with Crippen molar-refractivity contribution >= 4 is 34.0 Å². The number of ether oxygens (including phenoxy) is 2. The van der Waals surface area contributed by atoms with Crippen LogP contribution in [-0.4, -0.2) is 24.6 Å². The molecule has 2 amide bonds. The van der Waals surface area contributed by atoms with Gasteiger partial charge in [0.15, 0.2) is 11.5 Å². The summed E-state index contributed by atoms with van der Waals surface area (Å²) in [5.74, 6) is -1.04. The quantitative estimate of drug-likeness (QED) is 0.246. The van der Waals surface area contributed by atoms with Gasteiger partial charge in [-0.25, -0.2) is 9.82 Å². The Morgan fingerprint density at radius 2 is 1.74 bits per heavy atom. The van der Waals surface area contributed by atoms with Gasteiger partial charge in [-0.15, -0.1) is 0 Å². The molecule has 34 heavy (non-hydrogen) atoms. The highest BCUT2D eigenvalue weighted by molar-refractivity contribution is 9.10. The molecule has 2 N–H and O–H groups in total. The van der Waals surface area contributed by atoms with Gasteiger partial charge in [-0.05, 0) is 63.8 Å². The topological polar surface area (TPSA) is 89.0 Å². The van der Waals surface area contributed by atoms with Crippen molar-refractivity contribution in [1.29, 1.82) is 0 Å². The second kappa shape index (κ2) is 12.5. The average Bonchev–Trinajstić information content (AvgIpc) is 2.84. The smallest absolute Gasteiger partial charge is 0.329 e. The maximum Gasteiger partial charge on any atom is 0.329 e. The second-order valence-corrected chi connectivity index (χ2v) is 7.90. The molecule has 0 heterocycles. The summed E-state index contributed by atoms with van der Waals surface area (Å²) in [7, 11) is 0. The molecule has 0 atom stereocenters. The fourth-order valence-corrected chi connectivity index (χ4v) is 3.45. The Kier molecular flexibility index (Phi) is 9.16. The van der Waals surface area contributed by atoms with Gasteiger partial charge in [0, 0.05) is 6.54 Å². The zero-order chi connectivity index (χ0) is 24.3. The van der Waals surface area contributed by atoms with Crippen molar-refractivity contribution in [3.8, 4) is 11.5 Å². The Labute approximate surface area is 205 Å². The van der Waals surface area contributed by atoms with Crippen LogP contribution in [0.3, 0.4) is 0 Å². The third-order valence-corrected chi connectivity index (χ3v) is 5.10. The second-order valence-electron chi connectivity index (χ2n) is 7.05. The van der Waals surface area contributed by atoms with E-state index in [0.29, 0.717) is 28.1 Å². The Morgan fingerprint density at radius 3 is 2.44 bits per heavy atom. The lowest BCUT2D eigenvalue weighted by Gasteiger charge is -2.14. The molecule has 0 saturated carbocycles. The zero-order valence-electron chi connectivity index (χ0n) is 18.4. The molecule has 9 heteroatoms. The van der Waals surface area contributed by atoms with Crippen LogP contribution in [0.2, 0.25) is 0 Å². The Balaban J connectivity index is 1.60. The van der Waals surface area contributed by atoms with Gasteiger partial charge in [0.05, 0.1) is 17.3 Å². The van der Waals surface area contributed by atoms with Gasteiger partial charge in [0.2, 0.25) is 0 Å². The molecular weight excluding hydrogens is 505 g/mol. The minimum atomic E-state index is -0.879. The van der Waals surface area contributed by atoms with Crippen molar-refractivity contribution in [2.24, 2.45) is 5.10 Å². The Hall–Kier alpha value is -3.72. The molecule has 0 unspecified atom stereocenters. The molecule has 3 aromatic rings. The Morgan fingerprint density at radius 1 is 1.00 bits per heavy atom. The van der Waals surface area contributed by atoms with Crippen LogP contribution in [0.4, 0.5) is 4.39 Å². The molecule has 0 bridgehead atoms. The minimum absolute atomic E-state index is 0.223. The first-order valence-electron chi connectivity index (χ1n) is 10.4. The molecule has 0 aliphatic rings. The molecule has 0 spiro atoms. The van der Waals surface area contributed by atoms with Crippen LogP contribution in [0.5, 0.6) is 11.5 Å². The molecule has 0 aliphatic carbocycles. The van der Waals surface area contributed by atoms with Crippen LogP contribution < -0.4 is 20.2 Å². The summed E-state index contributed by atoms with van der Waals surface area (Å²) in [6.07, 6.45) is 1.39. The van der Waals surface area contributed by atoms with Crippen molar-refractivity contribution in [2.45, 2.75) is 20.1 Å². The number of hydrogen-bond donors (Lipinski definition) is 2. The van der Waals surface area contributed by atoms with E-state index in [1.807, 2.05) is 37.3 Å². The maximum absolute atomic E-state index is 13.1. The van der Waals surface area contributed by atoms with Crippen LogP contribution in [-0.2, 0) is 22.7 Å². The summed E-state index contributed by atoms with van der Waals surface area (Å²) >= 11 is 3.46. The summed E-state index contributed by atoms with van der Waals surface area (Å²) in [6, 6.07) is 18.7. The summed E-state index contributed by atoms with van der Waals surface area (Å²) in [5, 5.41) is 6.38. The number of amides is 2. The van der Waals surface area contributed by atoms with Crippen molar-refractivity contribution < 1.29 is 23.5 Å². The van der Waals surface area contributed by atoms with E-state index in [1.165, 1.54) is 18.3 Å². The summed E-state index contributed by atoms with van der Waals surface area (Å²) < 4.78 is 25.3. The number of carbonyl (C=O) groups is 2. The van der Waals surface area contributed by atoms with E-state index in [2.05, 4.69) is 31.8 Å². The Bertz CT molecular complexity index is 1150. The lowest BCUT2D eigenvalue weighted by Crippen LogP contribution is -2.37. The molecule has 3 rings (SSSR count). The minimum Gasteiger partial charge on any atom is -0.490 e. The molecule has 7 nitrogen and oxygen atoms in total. The summed E-state index contributed by atoms with van der Waals surface area (Å²) in [6.45, 7) is 2.70. The van der Waals surface area contributed by atoms with Crippen molar-refractivity contribution in [1.82, 2.24) is 10.7 Å². The monoisotopic (exact) mass is 527 g/mol. The van der Waals surface area contributed by atoms with Crippen LogP contribution in [0, 0.1) is 5.82 Å². The number of benzene rings is 3. The van der Waals surface area contributed by atoms with Crippen molar-refractivity contribution in [3.05, 3.63) is 93.7 Å². The number of carbonyl (C=O) groups excluding carboxylic acids is 2. The molecule has 0 aromatic heterocycles. The normalized spacial score (nSPS) is 10.7. The number of hydrogen-bond acceptors (Lipinski definition) is 5. The van der Waals surface area contributed by atoms with Gasteiger partial charge in [-0.3, -0.25) is 9.59 Å². The van der Waals surface area contributed by atoms with Crippen molar-refractivity contribution in [3.63, 3.8) is 0 Å². The number of halogens is 2. The van der Waals surface area contributed by atoms with Crippen LogP contribution in [0.1, 0.15) is 23.6 Å². The van der Waals surface area contributed by atoms with E-state index in [1.54, 1.807) is 24.3 Å². The van der Waals surface area contributed by atoms with E-state index in [9.17, 15) is 14.0 Å². The largest absolute Gasteiger partial charge is 0.490 e. The number of rotatable bonds is 9. The molecule has 0 radical (unpaired) electrons. The van der Waals surface area contributed by atoms with E-state index < -0.39 is 11.8 Å². The zero-order valence-corrected chi connectivity index (χ0v) is 20.0. The van der Waals surface area contributed by atoms with Gasteiger partial charge in [-0.2, -0.15) is 5.10 Å². The number of hydrazone groups is 1. The molecule has 0 saturated heterocycles. The average molecular weight is 528 g/mol. The van der Waals surface area contributed by atoms with E-state index in [4.69, 9.17) is 9.47 Å². The summed E-state index contributed by atoms with van der Waals surface area (Å²) in [4.78, 5) is 23.9. The highest BCUT2D eigenvalue weighted by Crippen LogP contribution is 2.37. The first-order chi connectivity index (χ1) is 16.5. The fourth-order valence-electron chi connectivity index (χ4n) is 2.88. The fraction of sp³-hybridized carbons (Fsp3) is 0.160. The van der Waals surface area contributed by atoms with Crippen molar-refractivity contribution in [2.75, 3.05) is 6.61 Å². The van der Waals surface area contributed by atoms with E-state index >= 15 is 0 Å². The number of nitrogens with one attached hydrogen (secondary N) is 2. The standard InChI is InChI=1S/C25H23BrFN3O4/c1-2-33-22-13-19(12-21(26)23(22)34-16-18-8-10-20(27)11-9-18)15-29-30-25(32)24(31)28-14-17-6-4-3-5-7-17/h3-13,15H,2,14,16H2,1H3,(H,28,31)(H,30,32). The van der Waals surface area contributed by atoms with Crippen LogP contribution >= 0.6 is 15.9 Å². The van der Waals surface area contributed by atoms with Crippen LogP contribution in [0.15, 0.2) is 76.3 Å². The predicted octanol–water partition coefficient (Wildman–Crippen LogP) is 4.33.